The number of likely N-dealkylation sites (N-methyl/N-ethyl adjacent to an activating group) is 1. The summed E-state index contributed by atoms with van der Waals surface area (Å²) in [6.45, 7) is 5.10. The van der Waals surface area contributed by atoms with E-state index in [1.165, 1.54) is 29.7 Å². The Hall–Kier alpha value is -0.910. The Labute approximate surface area is 118 Å². The summed E-state index contributed by atoms with van der Waals surface area (Å²) in [4.78, 5) is 17.3. The Balaban J connectivity index is 2.05. The van der Waals surface area contributed by atoms with Gasteiger partial charge in [-0.2, -0.15) is 0 Å². The van der Waals surface area contributed by atoms with E-state index in [0.717, 1.165) is 24.5 Å². The number of likely N-dealkylation sites (tertiary alicyclic amines) is 1. The highest BCUT2D eigenvalue weighted by Gasteiger charge is 2.26. The smallest absolute Gasteiger partial charge is 0.345 e. The third kappa shape index (κ3) is 3.55. The van der Waals surface area contributed by atoms with Crippen LogP contribution in [0.4, 0.5) is 0 Å². The van der Waals surface area contributed by atoms with Gasteiger partial charge in [0.1, 0.15) is 4.88 Å². The first-order valence-corrected chi connectivity index (χ1v) is 7.50. The predicted octanol–water partition coefficient (Wildman–Crippen LogP) is 2.28. The van der Waals surface area contributed by atoms with E-state index in [-0.39, 0.29) is 0 Å². The van der Waals surface area contributed by atoms with Crippen LogP contribution < -0.4 is 0 Å². The van der Waals surface area contributed by atoms with Crippen molar-refractivity contribution in [3.63, 3.8) is 0 Å². The molecule has 0 aliphatic carbocycles. The van der Waals surface area contributed by atoms with Gasteiger partial charge in [0, 0.05) is 24.0 Å². The van der Waals surface area contributed by atoms with Crippen LogP contribution in [-0.2, 0) is 6.54 Å². The minimum atomic E-state index is -0.814. The second kappa shape index (κ2) is 6.03. The molecule has 1 aliphatic heterocycles. The molecular weight excluding hydrogens is 260 g/mol. The van der Waals surface area contributed by atoms with Crippen molar-refractivity contribution in [2.75, 3.05) is 27.2 Å². The lowest BCUT2D eigenvalue weighted by atomic mass is 10.2. The Morgan fingerprint density at radius 1 is 1.58 bits per heavy atom. The molecule has 0 spiro atoms. The molecule has 2 heterocycles. The zero-order valence-corrected chi connectivity index (χ0v) is 12.7. The van der Waals surface area contributed by atoms with Gasteiger partial charge in [0.2, 0.25) is 0 Å². The monoisotopic (exact) mass is 282 g/mol. The number of hydrogen-bond donors (Lipinski definition) is 1. The summed E-state index contributed by atoms with van der Waals surface area (Å²) in [5.74, 6) is -0.814. The van der Waals surface area contributed by atoms with E-state index in [2.05, 4.69) is 23.9 Å². The molecule has 1 aromatic rings. The SMILES string of the molecule is Cc1sc(C(=O)O)cc1CN1CCCC1CN(C)C. The van der Waals surface area contributed by atoms with Gasteiger partial charge >= 0.3 is 5.97 Å². The van der Waals surface area contributed by atoms with Crippen LogP contribution >= 0.6 is 11.3 Å². The summed E-state index contributed by atoms with van der Waals surface area (Å²) in [7, 11) is 4.21. The lowest BCUT2D eigenvalue weighted by Crippen LogP contribution is -2.37. The molecule has 4 nitrogen and oxygen atoms in total. The summed E-state index contributed by atoms with van der Waals surface area (Å²) < 4.78 is 0. The van der Waals surface area contributed by atoms with Gasteiger partial charge in [0.15, 0.2) is 0 Å². The van der Waals surface area contributed by atoms with E-state index < -0.39 is 5.97 Å². The molecule has 1 fully saturated rings. The molecule has 1 unspecified atom stereocenters. The normalized spacial score (nSPS) is 20.3. The van der Waals surface area contributed by atoms with Gasteiger partial charge in [-0.05, 0) is 52.0 Å². The Morgan fingerprint density at radius 3 is 2.89 bits per heavy atom. The van der Waals surface area contributed by atoms with Crippen molar-refractivity contribution in [3.8, 4) is 0 Å². The van der Waals surface area contributed by atoms with Crippen molar-refractivity contribution in [2.24, 2.45) is 0 Å². The average Bonchev–Trinajstić information content (AvgIpc) is 2.87. The van der Waals surface area contributed by atoms with Gasteiger partial charge in [-0.25, -0.2) is 4.79 Å². The maximum atomic E-state index is 11.0. The molecule has 0 saturated carbocycles. The zero-order chi connectivity index (χ0) is 14.0. The maximum Gasteiger partial charge on any atom is 0.345 e. The van der Waals surface area contributed by atoms with Crippen LogP contribution in [0.1, 0.15) is 33.0 Å². The summed E-state index contributed by atoms with van der Waals surface area (Å²) in [6.07, 6.45) is 2.49. The number of aryl methyl sites for hydroxylation is 1. The Kier molecular flexibility index (Phi) is 4.60. The van der Waals surface area contributed by atoms with Crippen molar-refractivity contribution >= 4 is 17.3 Å². The number of carbonyl (C=O) groups is 1. The second-order valence-corrected chi connectivity index (χ2v) is 6.78. The Morgan fingerprint density at radius 2 is 2.32 bits per heavy atom. The van der Waals surface area contributed by atoms with E-state index in [1.807, 2.05) is 13.0 Å². The molecular formula is C14H22N2O2S. The highest BCUT2D eigenvalue weighted by atomic mass is 32.1. The molecule has 19 heavy (non-hydrogen) atoms. The van der Waals surface area contributed by atoms with Crippen LogP contribution in [0.5, 0.6) is 0 Å². The predicted molar refractivity (Wildman–Crippen MR) is 78.0 cm³/mol. The van der Waals surface area contributed by atoms with Crippen LogP contribution in [0.3, 0.4) is 0 Å². The van der Waals surface area contributed by atoms with Gasteiger partial charge in [-0.15, -0.1) is 11.3 Å². The molecule has 5 heteroatoms. The number of aromatic carboxylic acids is 1. The number of rotatable bonds is 5. The van der Waals surface area contributed by atoms with Crippen molar-refractivity contribution in [1.29, 1.82) is 0 Å². The van der Waals surface area contributed by atoms with Crippen LogP contribution in [-0.4, -0.2) is 54.1 Å². The first-order valence-electron chi connectivity index (χ1n) is 6.68. The van der Waals surface area contributed by atoms with Crippen molar-refractivity contribution in [2.45, 2.75) is 32.4 Å². The molecule has 106 valence electrons. The lowest BCUT2D eigenvalue weighted by molar-refractivity contribution is 0.0702. The first-order chi connectivity index (χ1) is 8.97. The number of carboxylic acid groups (broad SMARTS) is 1. The summed E-state index contributed by atoms with van der Waals surface area (Å²) in [5, 5.41) is 9.04. The fourth-order valence-corrected chi connectivity index (χ4v) is 3.61. The van der Waals surface area contributed by atoms with Crippen LogP contribution in [0, 0.1) is 6.92 Å². The van der Waals surface area contributed by atoms with Crippen molar-refractivity contribution in [1.82, 2.24) is 9.80 Å². The van der Waals surface area contributed by atoms with Gasteiger partial charge < -0.3 is 10.0 Å². The maximum absolute atomic E-state index is 11.0. The molecule has 1 N–H and O–H groups in total. The topological polar surface area (TPSA) is 43.8 Å². The van der Waals surface area contributed by atoms with E-state index >= 15 is 0 Å². The summed E-state index contributed by atoms with van der Waals surface area (Å²) in [5.41, 5.74) is 1.17. The molecule has 1 atom stereocenters. The quantitative estimate of drug-likeness (QED) is 0.900. The van der Waals surface area contributed by atoms with Crippen molar-refractivity contribution in [3.05, 3.63) is 21.4 Å². The fraction of sp³-hybridized carbons (Fsp3) is 0.643. The molecule has 0 radical (unpaired) electrons. The molecule has 0 aromatic carbocycles. The summed E-state index contributed by atoms with van der Waals surface area (Å²) in [6, 6.07) is 2.44. The number of hydrogen-bond acceptors (Lipinski definition) is 4. The van der Waals surface area contributed by atoms with E-state index in [9.17, 15) is 4.79 Å². The molecule has 0 amide bonds. The number of nitrogens with zero attached hydrogens (tertiary/aromatic N) is 2. The zero-order valence-electron chi connectivity index (χ0n) is 11.8. The molecule has 1 saturated heterocycles. The Bertz CT molecular complexity index is 456. The van der Waals surface area contributed by atoms with Gasteiger partial charge in [0.05, 0.1) is 0 Å². The number of carboxylic acids is 1. The summed E-state index contributed by atoms with van der Waals surface area (Å²) >= 11 is 1.38. The average molecular weight is 282 g/mol. The standard InChI is InChI=1S/C14H22N2O2S/c1-10-11(7-13(19-10)14(17)18)8-16-6-4-5-12(16)9-15(2)3/h7,12H,4-6,8-9H2,1-3H3,(H,17,18). The lowest BCUT2D eigenvalue weighted by Gasteiger charge is -2.26. The van der Waals surface area contributed by atoms with Crippen LogP contribution in [0.15, 0.2) is 6.07 Å². The second-order valence-electron chi connectivity index (χ2n) is 5.53. The highest BCUT2D eigenvalue weighted by Crippen LogP contribution is 2.26. The third-order valence-corrected chi connectivity index (χ3v) is 4.76. The van der Waals surface area contributed by atoms with Crippen LogP contribution in [0.2, 0.25) is 0 Å². The highest BCUT2D eigenvalue weighted by molar-refractivity contribution is 7.14. The fourth-order valence-electron chi connectivity index (χ4n) is 2.73. The van der Waals surface area contributed by atoms with Crippen molar-refractivity contribution < 1.29 is 9.90 Å². The molecule has 1 aliphatic rings. The van der Waals surface area contributed by atoms with E-state index in [0.29, 0.717) is 10.9 Å². The first kappa shape index (κ1) is 14.5. The number of thiophene rings is 1. The minimum absolute atomic E-state index is 0.454. The van der Waals surface area contributed by atoms with Gasteiger partial charge in [-0.3, -0.25) is 4.90 Å². The van der Waals surface area contributed by atoms with E-state index in [1.54, 1.807) is 0 Å². The molecule has 1 aromatic heterocycles. The van der Waals surface area contributed by atoms with E-state index in [4.69, 9.17) is 5.11 Å². The van der Waals surface area contributed by atoms with Gasteiger partial charge in [0.25, 0.3) is 0 Å². The van der Waals surface area contributed by atoms with Crippen LogP contribution in [0.25, 0.3) is 0 Å². The van der Waals surface area contributed by atoms with Gasteiger partial charge in [-0.1, -0.05) is 0 Å². The third-order valence-electron chi connectivity index (χ3n) is 3.68. The molecule has 0 bridgehead atoms. The largest absolute Gasteiger partial charge is 0.477 e. The molecule has 2 rings (SSSR count). The minimum Gasteiger partial charge on any atom is -0.477 e.